The number of halogens is 1. The molecule has 0 spiro atoms. The first kappa shape index (κ1) is 23.1. The third-order valence-corrected chi connectivity index (χ3v) is 4.32. The van der Waals surface area contributed by atoms with Gasteiger partial charge in [0.05, 0.1) is 0 Å². The van der Waals surface area contributed by atoms with Crippen LogP contribution in [0, 0.1) is 11.7 Å². The number of benzene rings is 2. The van der Waals surface area contributed by atoms with Crippen molar-refractivity contribution in [1.29, 1.82) is 0 Å². The summed E-state index contributed by atoms with van der Waals surface area (Å²) in [6.45, 7) is 5.76. The first-order chi connectivity index (χ1) is 14.2. The van der Waals surface area contributed by atoms with Crippen molar-refractivity contribution < 1.29 is 23.5 Å². The second-order valence-corrected chi connectivity index (χ2v) is 7.47. The van der Waals surface area contributed by atoms with E-state index in [0.29, 0.717) is 17.2 Å². The molecule has 2 aromatic rings. The summed E-state index contributed by atoms with van der Waals surface area (Å²) in [6, 6.07) is 12.6. The van der Waals surface area contributed by atoms with Crippen molar-refractivity contribution in [1.82, 2.24) is 10.9 Å². The molecule has 7 heteroatoms. The average Bonchev–Trinajstić information content (AvgIpc) is 2.71. The topological polar surface area (TPSA) is 84.5 Å². The maximum absolute atomic E-state index is 12.9. The number of hydrazine groups is 1. The lowest BCUT2D eigenvalue weighted by Crippen LogP contribution is -2.47. The minimum absolute atomic E-state index is 0.0346. The van der Waals surface area contributed by atoms with Gasteiger partial charge in [0.2, 0.25) is 5.91 Å². The van der Waals surface area contributed by atoms with E-state index in [1.54, 1.807) is 12.1 Å². The van der Waals surface area contributed by atoms with Crippen molar-refractivity contribution in [2.24, 2.45) is 5.92 Å². The molecular formula is C23H27FN2O4. The van der Waals surface area contributed by atoms with Crippen LogP contribution in [0.15, 0.2) is 48.5 Å². The van der Waals surface area contributed by atoms with Crippen molar-refractivity contribution in [3.63, 3.8) is 0 Å². The van der Waals surface area contributed by atoms with E-state index in [9.17, 15) is 18.8 Å². The van der Waals surface area contributed by atoms with Crippen molar-refractivity contribution in [2.75, 3.05) is 0 Å². The van der Waals surface area contributed by atoms with Gasteiger partial charge in [-0.2, -0.15) is 0 Å². The summed E-state index contributed by atoms with van der Waals surface area (Å²) in [7, 11) is 0. The molecule has 0 saturated heterocycles. The Labute approximate surface area is 175 Å². The lowest BCUT2D eigenvalue weighted by atomic mass is 9.99. The maximum Gasteiger partial charge on any atom is 0.279 e. The van der Waals surface area contributed by atoms with E-state index < -0.39 is 23.7 Å². The van der Waals surface area contributed by atoms with Gasteiger partial charge in [0, 0.05) is 18.4 Å². The van der Waals surface area contributed by atoms with Crippen LogP contribution in [0.4, 0.5) is 4.39 Å². The molecule has 0 aliphatic rings. The van der Waals surface area contributed by atoms with Gasteiger partial charge < -0.3 is 4.74 Å². The van der Waals surface area contributed by atoms with Crippen molar-refractivity contribution in [2.45, 2.75) is 46.1 Å². The number of Topliss-reactive ketones (excluding diaryl/α,β-unsaturated/α-hetero) is 1. The Morgan fingerprint density at radius 3 is 2.13 bits per heavy atom. The van der Waals surface area contributed by atoms with E-state index >= 15 is 0 Å². The van der Waals surface area contributed by atoms with Crippen LogP contribution in [-0.2, 0) is 16.0 Å². The highest BCUT2D eigenvalue weighted by molar-refractivity contribution is 5.98. The SMILES string of the molecule is CC(C)Cc1ccc(C(=O)CCC(=O)NNC(=O)C(C)Oc2ccc(F)cc2)cc1. The van der Waals surface area contributed by atoms with Crippen LogP contribution >= 0.6 is 0 Å². The van der Waals surface area contributed by atoms with Crippen LogP contribution < -0.4 is 15.6 Å². The van der Waals surface area contributed by atoms with Gasteiger partial charge in [0.25, 0.3) is 5.91 Å². The van der Waals surface area contributed by atoms with E-state index in [2.05, 4.69) is 24.7 Å². The van der Waals surface area contributed by atoms with Crippen LogP contribution in [0.3, 0.4) is 0 Å². The number of hydrogen-bond acceptors (Lipinski definition) is 4. The number of ether oxygens (including phenoxy) is 1. The van der Waals surface area contributed by atoms with Gasteiger partial charge in [-0.15, -0.1) is 0 Å². The lowest BCUT2D eigenvalue weighted by molar-refractivity contribution is -0.132. The van der Waals surface area contributed by atoms with E-state index in [1.165, 1.54) is 36.8 Å². The maximum atomic E-state index is 12.9. The zero-order valence-electron chi connectivity index (χ0n) is 17.4. The normalized spacial score (nSPS) is 11.6. The molecule has 0 heterocycles. The van der Waals surface area contributed by atoms with Crippen molar-refractivity contribution >= 4 is 17.6 Å². The van der Waals surface area contributed by atoms with Gasteiger partial charge in [-0.05, 0) is 49.1 Å². The molecule has 30 heavy (non-hydrogen) atoms. The van der Waals surface area contributed by atoms with Crippen molar-refractivity contribution in [3.05, 3.63) is 65.5 Å². The molecule has 1 atom stereocenters. The zero-order chi connectivity index (χ0) is 22.1. The first-order valence-corrected chi connectivity index (χ1v) is 9.87. The van der Waals surface area contributed by atoms with Crippen LogP contribution in [0.5, 0.6) is 5.75 Å². The standard InChI is InChI=1S/C23H27FN2O4/c1-15(2)14-17-4-6-18(7-5-17)21(27)12-13-22(28)25-26-23(29)16(3)30-20-10-8-19(24)9-11-20/h4-11,15-16H,12-14H2,1-3H3,(H,25,28)(H,26,29). The first-order valence-electron chi connectivity index (χ1n) is 9.87. The molecule has 0 fully saturated rings. The van der Waals surface area contributed by atoms with Crippen LogP contribution in [0.2, 0.25) is 0 Å². The van der Waals surface area contributed by atoms with Crippen LogP contribution in [0.25, 0.3) is 0 Å². The number of carbonyl (C=O) groups is 3. The Balaban J connectivity index is 1.72. The van der Waals surface area contributed by atoms with Crippen LogP contribution in [-0.4, -0.2) is 23.7 Å². The highest BCUT2D eigenvalue weighted by atomic mass is 19.1. The van der Waals surface area contributed by atoms with E-state index in [1.807, 2.05) is 12.1 Å². The highest BCUT2D eigenvalue weighted by Crippen LogP contribution is 2.13. The molecule has 2 aromatic carbocycles. The summed E-state index contributed by atoms with van der Waals surface area (Å²) in [5, 5.41) is 0. The summed E-state index contributed by atoms with van der Waals surface area (Å²) in [4.78, 5) is 36.2. The quantitative estimate of drug-likeness (QED) is 0.485. The largest absolute Gasteiger partial charge is 0.481 e. The van der Waals surface area contributed by atoms with Gasteiger partial charge in [-0.1, -0.05) is 38.1 Å². The van der Waals surface area contributed by atoms with E-state index in [4.69, 9.17) is 4.74 Å². The summed E-state index contributed by atoms with van der Waals surface area (Å²) in [5.74, 6) is -0.736. The Bertz CT molecular complexity index is 864. The third kappa shape index (κ3) is 7.66. The molecular weight excluding hydrogens is 387 g/mol. The number of hydrogen-bond donors (Lipinski definition) is 2. The molecule has 0 aliphatic carbocycles. The second kappa shape index (κ2) is 11.1. The van der Waals surface area contributed by atoms with E-state index in [0.717, 1.165) is 6.42 Å². The molecule has 160 valence electrons. The Morgan fingerprint density at radius 1 is 0.900 bits per heavy atom. The molecule has 0 aliphatic heterocycles. The summed E-state index contributed by atoms with van der Waals surface area (Å²) in [5.41, 5.74) is 6.24. The fourth-order valence-electron chi connectivity index (χ4n) is 2.74. The van der Waals surface area contributed by atoms with Gasteiger partial charge in [-0.3, -0.25) is 25.2 Å². The number of rotatable bonds is 9. The number of ketones is 1. The molecule has 6 nitrogen and oxygen atoms in total. The molecule has 2 N–H and O–H groups in total. The van der Waals surface area contributed by atoms with Gasteiger partial charge in [-0.25, -0.2) is 4.39 Å². The minimum Gasteiger partial charge on any atom is -0.481 e. The second-order valence-electron chi connectivity index (χ2n) is 7.47. The fraction of sp³-hybridized carbons (Fsp3) is 0.348. The minimum atomic E-state index is -0.901. The molecule has 1 unspecified atom stereocenters. The fourth-order valence-corrected chi connectivity index (χ4v) is 2.74. The summed E-state index contributed by atoms with van der Waals surface area (Å²) >= 11 is 0. The third-order valence-electron chi connectivity index (χ3n) is 4.32. The smallest absolute Gasteiger partial charge is 0.279 e. The number of carbonyl (C=O) groups excluding carboxylic acids is 3. The monoisotopic (exact) mass is 414 g/mol. The van der Waals surface area contributed by atoms with Crippen molar-refractivity contribution in [3.8, 4) is 5.75 Å². The Kier molecular flexibility index (Phi) is 8.53. The Hall–Kier alpha value is -3.22. The molecule has 0 bridgehead atoms. The molecule has 0 aromatic heterocycles. The zero-order valence-corrected chi connectivity index (χ0v) is 17.4. The van der Waals surface area contributed by atoms with E-state index in [-0.39, 0.29) is 18.6 Å². The predicted molar refractivity (Wildman–Crippen MR) is 111 cm³/mol. The highest BCUT2D eigenvalue weighted by Gasteiger charge is 2.16. The average molecular weight is 414 g/mol. The summed E-state index contributed by atoms with van der Waals surface area (Å²) in [6.07, 6.45) is 0.0222. The lowest BCUT2D eigenvalue weighted by Gasteiger charge is -2.15. The molecule has 0 saturated carbocycles. The Morgan fingerprint density at radius 2 is 1.53 bits per heavy atom. The van der Waals surface area contributed by atoms with Crippen LogP contribution in [0.1, 0.15) is 49.5 Å². The molecule has 0 radical (unpaired) electrons. The predicted octanol–water partition coefficient (Wildman–Crippen LogP) is 3.60. The van der Waals surface area contributed by atoms with Gasteiger partial charge in [0.1, 0.15) is 11.6 Å². The molecule has 2 rings (SSSR count). The van der Waals surface area contributed by atoms with Gasteiger partial charge in [0.15, 0.2) is 11.9 Å². The number of nitrogens with one attached hydrogen (secondary N) is 2. The molecule has 2 amide bonds. The number of amides is 2. The van der Waals surface area contributed by atoms with Gasteiger partial charge >= 0.3 is 0 Å². The summed E-state index contributed by atoms with van der Waals surface area (Å²) < 4.78 is 18.3.